The second-order valence-corrected chi connectivity index (χ2v) is 5.12. The van der Waals surface area contributed by atoms with Crippen molar-refractivity contribution in [3.05, 3.63) is 29.2 Å². The molecule has 0 unspecified atom stereocenters. The van der Waals surface area contributed by atoms with Gasteiger partial charge in [-0.05, 0) is 19.3 Å². The summed E-state index contributed by atoms with van der Waals surface area (Å²) in [6.45, 7) is 1.41. The average Bonchev–Trinajstić information content (AvgIpc) is 3.10. The number of amides is 1. The molecule has 2 rings (SSSR count). The number of halogens is 1. The van der Waals surface area contributed by atoms with Crippen LogP contribution in [-0.4, -0.2) is 35.5 Å². The van der Waals surface area contributed by atoms with E-state index in [1.807, 2.05) is 0 Å². The van der Waals surface area contributed by atoms with E-state index in [0.717, 1.165) is 12.8 Å². The smallest absolute Gasteiger partial charge is 0.238 e. The fourth-order valence-corrected chi connectivity index (χ4v) is 2.45. The molecular formula is C14H19ClN2O3. The van der Waals surface area contributed by atoms with Crippen molar-refractivity contribution in [2.45, 2.75) is 32.4 Å². The summed E-state index contributed by atoms with van der Waals surface area (Å²) in [7, 11) is 1.60. The molecule has 1 aromatic rings. The summed E-state index contributed by atoms with van der Waals surface area (Å²) >= 11 is 5.68. The molecule has 0 bridgehead atoms. The van der Waals surface area contributed by atoms with Gasteiger partial charge in [0.25, 0.3) is 0 Å². The van der Waals surface area contributed by atoms with Crippen molar-refractivity contribution in [1.29, 1.82) is 0 Å². The Hall–Kier alpha value is -1.33. The first-order valence-electron chi connectivity index (χ1n) is 6.68. The second kappa shape index (κ2) is 7.45. The molecule has 0 aliphatic heterocycles. The van der Waals surface area contributed by atoms with Crippen molar-refractivity contribution >= 4 is 17.5 Å². The number of nitrogens with zero attached hydrogens (tertiary/aromatic N) is 2. The Bertz CT molecular complexity index is 485. The van der Waals surface area contributed by atoms with E-state index in [9.17, 15) is 4.79 Å². The fourth-order valence-electron chi connectivity index (χ4n) is 2.28. The third-order valence-corrected chi connectivity index (χ3v) is 3.47. The van der Waals surface area contributed by atoms with E-state index in [1.165, 1.54) is 12.0 Å². The van der Waals surface area contributed by atoms with Gasteiger partial charge in [-0.25, -0.2) is 0 Å². The molecule has 110 valence electrons. The van der Waals surface area contributed by atoms with Gasteiger partial charge in [-0.3, -0.25) is 4.79 Å². The molecule has 6 heteroatoms. The molecule has 0 radical (unpaired) electrons. The topological polar surface area (TPSA) is 55.6 Å². The third kappa shape index (κ3) is 4.08. The Morgan fingerprint density at radius 1 is 1.55 bits per heavy atom. The van der Waals surface area contributed by atoms with E-state index in [2.05, 4.69) is 11.2 Å². The average molecular weight is 299 g/mol. The lowest BCUT2D eigenvalue weighted by atomic mass is 10.2. The molecule has 0 saturated heterocycles. The van der Waals surface area contributed by atoms with Crippen molar-refractivity contribution in [2.75, 3.05) is 19.5 Å². The van der Waals surface area contributed by atoms with Gasteiger partial charge in [0.05, 0.1) is 6.54 Å². The van der Waals surface area contributed by atoms with Gasteiger partial charge in [0.1, 0.15) is 18.2 Å². The van der Waals surface area contributed by atoms with E-state index in [1.54, 1.807) is 18.1 Å². The molecule has 0 saturated carbocycles. The minimum Gasteiger partial charge on any atom is -0.377 e. The Labute approximate surface area is 123 Å². The van der Waals surface area contributed by atoms with E-state index in [0.29, 0.717) is 31.2 Å². The van der Waals surface area contributed by atoms with Crippen LogP contribution in [0.4, 0.5) is 0 Å². The molecule has 0 atom stereocenters. The van der Waals surface area contributed by atoms with Gasteiger partial charge in [0.2, 0.25) is 5.91 Å². The van der Waals surface area contributed by atoms with E-state index in [4.69, 9.17) is 20.9 Å². The molecule has 5 nitrogen and oxygen atoms in total. The largest absolute Gasteiger partial charge is 0.377 e. The van der Waals surface area contributed by atoms with Crippen molar-refractivity contribution in [1.82, 2.24) is 10.1 Å². The SMILES string of the molecule is COCc1cc(CN(CC2=CCCC2)C(=O)CCl)no1. The van der Waals surface area contributed by atoms with Crippen LogP contribution in [-0.2, 0) is 22.7 Å². The van der Waals surface area contributed by atoms with Gasteiger partial charge in [0, 0.05) is 19.7 Å². The maximum atomic E-state index is 11.9. The number of hydrogen-bond acceptors (Lipinski definition) is 4. The highest BCUT2D eigenvalue weighted by atomic mass is 35.5. The minimum absolute atomic E-state index is 0.0178. The lowest BCUT2D eigenvalue weighted by Gasteiger charge is -2.21. The number of allylic oxidation sites excluding steroid dienone is 1. The number of rotatable bonds is 7. The van der Waals surface area contributed by atoms with Crippen LogP contribution < -0.4 is 0 Å². The van der Waals surface area contributed by atoms with Crippen LogP contribution in [0.25, 0.3) is 0 Å². The summed E-state index contributed by atoms with van der Waals surface area (Å²) in [5, 5.41) is 3.95. The molecule has 0 aromatic carbocycles. The van der Waals surface area contributed by atoms with Crippen LogP contribution in [0, 0.1) is 0 Å². The van der Waals surface area contributed by atoms with Crippen molar-refractivity contribution in [3.8, 4) is 0 Å². The van der Waals surface area contributed by atoms with Gasteiger partial charge in [-0.15, -0.1) is 11.6 Å². The molecule has 20 heavy (non-hydrogen) atoms. The molecule has 1 aromatic heterocycles. The summed E-state index contributed by atoms with van der Waals surface area (Å²) < 4.78 is 10.1. The van der Waals surface area contributed by atoms with Gasteiger partial charge in [-0.2, -0.15) is 0 Å². The van der Waals surface area contributed by atoms with Crippen LogP contribution in [0.1, 0.15) is 30.7 Å². The number of hydrogen-bond donors (Lipinski definition) is 0. The van der Waals surface area contributed by atoms with Gasteiger partial charge in [0.15, 0.2) is 5.76 Å². The maximum absolute atomic E-state index is 11.9. The van der Waals surface area contributed by atoms with Crippen LogP contribution in [0.2, 0.25) is 0 Å². The zero-order chi connectivity index (χ0) is 14.4. The molecule has 1 aliphatic rings. The number of alkyl halides is 1. The highest BCUT2D eigenvalue weighted by Crippen LogP contribution is 2.20. The first-order valence-corrected chi connectivity index (χ1v) is 7.21. The second-order valence-electron chi connectivity index (χ2n) is 4.86. The maximum Gasteiger partial charge on any atom is 0.238 e. The molecule has 0 N–H and O–H groups in total. The highest BCUT2D eigenvalue weighted by molar-refractivity contribution is 6.27. The van der Waals surface area contributed by atoms with Crippen LogP contribution >= 0.6 is 11.6 Å². The normalized spacial score (nSPS) is 14.4. The lowest BCUT2D eigenvalue weighted by Crippen LogP contribution is -2.33. The molecule has 1 heterocycles. The van der Waals surface area contributed by atoms with Crippen molar-refractivity contribution in [3.63, 3.8) is 0 Å². The number of aromatic nitrogens is 1. The summed E-state index contributed by atoms with van der Waals surface area (Å²) in [5.74, 6) is 0.549. The number of carbonyl (C=O) groups is 1. The lowest BCUT2D eigenvalue weighted by molar-refractivity contribution is -0.128. The van der Waals surface area contributed by atoms with E-state index >= 15 is 0 Å². The molecule has 0 fully saturated rings. The molecule has 0 spiro atoms. The first kappa shape index (κ1) is 15.1. The van der Waals surface area contributed by atoms with Crippen molar-refractivity contribution in [2.24, 2.45) is 0 Å². The van der Waals surface area contributed by atoms with Crippen molar-refractivity contribution < 1.29 is 14.1 Å². The summed E-state index contributed by atoms with van der Waals surface area (Å²) in [4.78, 5) is 13.6. The summed E-state index contributed by atoms with van der Waals surface area (Å²) in [6.07, 6.45) is 5.52. The zero-order valence-electron chi connectivity index (χ0n) is 11.6. The van der Waals surface area contributed by atoms with Gasteiger partial charge in [-0.1, -0.05) is 16.8 Å². The summed E-state index contributed by atoms with van der Waals surface area (Å²) in [5.41, 5.74) is 2.01. The Morgan fingerprint density at radius 2 is 2.40 bits per heavy atom. The first-order chi connectivity index (χ1) is 9.72. The molecule has 1 amide bonds. The van der Waals surface area contributed by atoms with E-state index in [-0.39, 0.29) is 11.8 Å². The fraction of sp³-hybridized carbons (Fsp3) is 0.571. The predicted molar refractivity (Wildman–Crippen MR) is 75.3 cm³/mol. The summed E-state index contributed by atoms with van der Waals surface area (Å²) in [6, 6.07) is 1.81. The molecular weight excluding hydrogens is 280 g/mol. The molecule has 1 aliphatic carbocycles. The number of methoxy groups -OCH3 is 1. The Kier molecular flexibility index (Phi) is 5.61. The van der Waals surface area contributed by atoms with Gasteiger partial charge >= 0.3 is 0 Å². The Morgan fingerprint density at radius 3 is 3.05 bits per heavy atom. The monoisotopic (exact) mass is 298 g/mol. The van der Waals surface area contributed by atoms with Gasteiger partial charge < -0.3 is 14.2 Å². The predicted octanol–water partition coefficient (Wildman–Crippen LogP) is 2.50. The minimum atomic E-state index is -0.0873. The van der Waals surface area contributed by atoms with Crippen LogP contribution in [0.3, 0.4) is 0 Å². The highest BCUT2D eigenvalue weighted by Gasteiger charge is 2.18. The third-order valence-electron chi connectivity index (χ3n) is 3.24. The quantitative estimate of drug-likeness (QED) is 0.573. The van der Waals surface area contributed by atoms with Crippen LogP contribution in [0.15, 0.2) is 22.2 Å². The van der Waals surface area contributed by atoms with E-state index < -0.39 is 0 Å². The van der Waals surface area contributed by atoms with Crippen LogP contribution in [0.5, 0.6) is 0 Å². The Balaban J connectivity index is 2.00. The number of carbonyl (C=O) groups excluding carboxylic acids is 1. The zero-order valence-corrected chi connectivity index (χ0v) is 12.4. The standard InChI is InChI=1S/C14H19ClN2O3/c1-19-10-13-6-12(16-20-13)9-17(14(18)7-15)8-11-4-2-3-5-11/h4,6H,2-3,5,7-10H2,1H3. The number of ether oxygens (including phenoxy) is 1.